The van der Waals surface area contributed by atoms with Crippen molar-refractivity contribution in [3.63, 3.8) is 0 Å². The number of benzene rings is 1. The lowest BCUT2D eigenvalue weighted by atomic mass is 10.1. The van der Waals surface area contributed by atoms with E-state index in [0.29, 0.717) is 16.8 Å². The number of nitrogens with zero attached hydrogens (tertiary/aromatic N) is 4. The number of hydrogen-bond donors (Lipinski definition) is 1. The zero-order valence-electron chi connectivity index (χ0n) is 17.2. The van der Waals surface area contributed by atoms with Gasteiger partial charge in [0.1, 0.15) is 0 Å². The Bertz CT molecular complexity index is 933. The molecule has 30 heavy (non-hydrogen) atoms. The topological polar surface area (TPSA) is 74.5 Å². The number of carbonyl (C=O) groups is 1. The number of piperidine rings is 1. The van der Waals surface area contributed by atoms with Crippen LogP contribution in [-0.2, 0) is 0 Å². The Labute approximate surface area is 180 Å². The summed E-state index contributed by atoms with van der Waals surface area (Å²) in [5, 5.41) is 13.1. The van der Waals surface area contributed by atoms with Crippen molar-refractivity contribution < 1.29 is 9.21 Å². The van der Waals surface area contributed by atoms with E-state index in [-0.39, 0.29) is 5.91 Å². The average molecular weight is 426 g/mol. The van der Waals surface area contributed by atoms with Gasteiger partial charge >= 0.3 is 6.01 Å². The van der Waals surface area contributed by atoms with E-state index in [0.717, 1.165) is 30.8 Å². The van der Waals surface area contributed by atoms with E-state index >= 15 is 0 Å². The van der Waals surface area contributed by atoms with Gasteiger partial charge in [0.15, 0.2) is 0 Å². The Hall–Kier alpha value is -2.71. The second kappa shape index (κ2) is 9.86. The Morgan fingerprint density at radius 2 is 1.97 bits per heavy atom. The Morgan fingerprint density at radius 1 is 1.17 bits per heavy atom. The van der Waals surface area contributed by atoms with Crippen molar-refractivity contribution in [2.45, 2.75) is 25.7 Å². The molecule has 0 radical (unpaired) electrons. The fourth-order valence-corrected chi connectivity index (χ4v) is 4.21. The number of anilines is 2. The predicted molar refractivity (Wildman–Crippen MR) is 120 cm³/mol. The van der Waals surface area contributed by atoms with Crippen LogP contribution in [0.4, 0.5) is 11.7 Å². The first-order chi connectivity index (χ1) is 14.7. The van der Waals surface area contributed by atoms with Crippen molar-refractivity contribution in [2.24, 2.45) is 0 Å². The molecule has 0 unspecified atom stereocenters. The van der Waals surface area contributed by atoms with E-state index in [1.807, 2.05) is 47.7 Å². The fraction of sp³-hybridized carbons (Fsp3) is 0.409. The van der Waals surface area contributed by atoms with Gasteiger partial charge in [-0.15, -0.1) is 16.4 Å². The van der Waals surface area contributed by atoms with E-state index in [9.17, 15) is 4.79 Å². The lowest BCUT2D eigenvalue weighted by Gasteiger charge is -2.27. The van der Waals surface area contributed by atoms with Crippen LogP contribution in [0.2, 0.25) is 0 Å². The van der Waals surface area contributed by atoms with Crippen molar-refractivity contribution in [3.05, 3.63) is 46.7 Å². The Morgan fingerprint density at radius 3 is 2.70 bits per heavy atom. The molecule has 1 aromatic carbocycles. The summed E-state index contributed by atoms with van der Waals surface area (Å²) in [6, 6.07) is 11.6. The van der Waals surface area contributed by atoms with E-state index in [2.05, 4.69) is 20.4 Å². The maximum absolute atomic E-state index is 12.1. The fourth-order valence-electron chi connectivity index (χ4n) is 3.59. The minimum Gasteiger partial charge on any atom is -0.403 e. The summed E-state index contributed by atoms with van der Waals surface area (Å²) in [6.07, 6.45) is 5.08. The first kappa shape index (κ1) is 20.6. The van der Waals surface area contributed by atoms with Gasteiger partial charge in [0, 0.05) is 24.8 Å². The SMILES string of the molecule is CN(CCCN1CCCCC1)c1nnc(-c2ccc(NC(=O)c3cccs3)cc2)o1. The van der Waals surface area contributed by atoms with E-state index in [1.165, 1.54) is 43.7 Å². The normalized spacial score (nSPS) is 14.6. The standard InChI is InChI=1S/C22H27N5O2S/c1-26(12-6-15-27-13-3-2-4-14-27)22-25-24-21(29-22)17-8-10-18(11-9-17)23-20(28)19-7-5-16-30-19/h5,7-11,16H,2-4,6,12-15H2,1H3,(H,23,28). The highest BCUT2D eigenvalue weighted by Crippen LogP contribution is 2.23. The smallest absolute Gasteiger partial charge is 0.318 e. The van der Waals surface area contributed by atoms with Gasteiger partial charge in [-0.3, -0.25) is 4.79 Å². The summed E-state index contributed by atoms with van der Waals surface area (Å²) in [5.74, 6) is 0.369. The lowest BCUT2D eigenvalue weighted by Crippen LogP contribution is -2.32. The minimum atomic E-state index is -0.107. The van der Waals surface area contributed by atoms with Crippen LogP contribution >= 0.6 is 11.3 Å². The van der Waals surface area contributed by atoms with Crippen LogP contribution in [0.25, 0.3) is 11.5 Å². The van der Waals surface area contributed by atoms with Crippen molar-refractivity contribution >= 4 is 28.9 Å². The number of thiophene rings is 1. The summed E-state index contributed by atoms with van der Waals surface area (Å²) in [4.78, 5) is 17.4. The molecule has 0 spiro atoms. The molecule has 1 fully saturated rings. The van der Waals surface area contributed by atoms with Gasteiger partial charge in [0.05, 0.1) is 4.88 Å². The van der Waals surface area contributed by atoms with Crippen LogP contribution in [-0.4, -0.2) is 54.2 Å². The summed E-state index contributed by atoms with van der Waals surface area (Å²) >= 11 is 1.42. The molecule has 1 aliphatic heterocycles. The zero-order valence-corrected chi connectivity index (χ0v) is 18.0. The van der Waals surface area contributed by atoms with Crippen LogP contribution < -0.4 is 10.2 Å². The van der Waals surface area contributed by atoms with Crippen LogP contribution in [0.1, 0.15) is 35.4 Å². The van der Waals surface area contributed by atoms with Gasteiger partial charge in [-0.25, -0.2) is 0 Å². The monoisotopic (exact) mass is 425 g/mol. The van der Waals surface area contributed by atoms with Gasteiger partial charge in [-0.1, -0.05) is 17.6 Å². The second-order valence-corrected chi connectivity index (χ2v) is 8.52. The van der Waals surface area contributed by atoms with Crippen LogP contribution in [0, 0.1) is 0 Å². The zero-order chi connectivity index (χ0) is 20.8. The summed E-state index contributed by atoms with van der Waals surface area (Å²) in [5.41, 5.74) is 1.55. The Balaban J connectivity index is 1.30. The number of nitrogens with one attached hydrogen (secondary N) is 1. The predicted octanol–water partition coefficient (Wildman–Crippen LogP) is 4.36. The van der Waals surface area contributed by atoms with E-state index in [1.54, 1.807) is 6.07 Å². The van der Waals surface area contributed by atoms with Crippen LogP contribution in [0.15, 0.2) is 46.2 Å². The van der Waals surface area contributed by atoms with Gasteiger partial charge in [0.2, 0.25) is 5.89 Å². The van der Waals surface area contributed by atoms with Gasteiger partial charge in [-0.2, -0.15) is 0 Å². The number of carbonyl (C=O) groups excluding carboxylic acids is 1. The molecule has 8 heteroatoms. The number of aromatic nitrogens is 2. The van der Waals surface area contributed by atoms with Crippen LogP contribution in [0.5, 0.6) is 0 Å². The quantitative estimate of drug-likeness (QED) is 0.578. The van der Waals surface area contributed by atoms with Crippen molar-refractivity contribution in [1.29, 1.82) is 0 Å². The number of hydrogen-bond acceptors (Lipinski definition) is 7. The molecule has 0 aliphatic carbocycles. The highest BCUT2D eigenvalue weighted by Gasteiger charge is 2.14. The molecular weight excluding hydrogens is 398 g/mol. The molecule has 1 N–H and O–H groups in total. The number of likely N-dealkylation sites (tertiary alicyclic amines) is 1. The molecule has 0 bridgehead atoms. The molecule has 0 atom stereocenters. The first-order valence-corrected chi connectivity index (χ1v) is 11.3. The molecular formula is C22H27N5O2S. The molecule has 3 heterocycles. The average Bonchev–Trinajstić information content (AvgIpc) is 3.48. The lowest BCUT2D eigenvalue weighted by molar-refractivity contribution is 0.103. The largest absolute Gasteiger partial charge is 0.403 e. The van der Waals surface area contributed by atoms with Crippen molar-refractivity contribution in [1.82, 2.24) is 15.1 Å². The van der Waals surface area contributed by atoms with E-state index < -0.39 is 0 Å². The Kier molecular flexibility index (Phi) is 6.76. The minimum absolute atomic E-state index is 0.107. The molecule has 1 aliphatic rings. The number of amides is 1. The molecule has 158 valence electrons. The maximum Gasteiger partial charge on any atom is 0.318 e. The molecule has 0 saturated carbocycles. The molecule has 4 rings (SSSR count). The third-order valence-electron chi connectivity index (χ3n) is 5.29. The summed E-state index contributed by atoms with van der Waals surface area (Å²) < 4.78 is 5.86. The van der Waals surface area contributed by atoms with Gasteiger partial charge in [0.25, 0.3) is 5.91 Å². The highest BCUT2D eigenvalue weighted by atomic mass is 32.1. The molecule has 1 amide bonds. The highest BCUT2D eigenvalue weighted by molar-refractivity contribution is 7.12. The van der Waals surface area contributed by atoms with Gasteiger partial charge < -0.3 is 19.5 Å². The third-order valence-corrected chi connectivity index (χ3v) is 6.16. The molecule has 7 nitrogen and oxygen atoms in total. The maximum atomic E-state index is 12.1. The molecule has 3 aromatic rings. The van der Waals surface area contributed by atoms with Gasteiger partial charge in [-0.05, 0) is 74.6 Å². The van der Waals surface area contributed by atoms with Crippen LogP contribution in [0.3, 0.4) is 0 Å². The molecule has 1 saturated heterocycles. The number of rotatable bonds is 8. The summed E-state index contributed by atoms with van der Waals surface area (Å²) in [6.45, 7) is 4.44. The summed E-state index contributed by atoms with van der Waals surface area (Å²) in [7, 11) is 1.98. The van der Waals surface area contributed by atoms with Crippen molar-refractivity contribution in [2.75, 3.05) is 43.4 Å². The van der Waals surface area contributed by atoms with Crippen molar-refractivity contribution in [3.8, 4) is 11.5 Å². The first-order valence-electron chi connectivity index (χ1n) is 10.4. The van der Waals surface area contributed by atoms with E-state index in [4.69, 9.17) is 4.42 Å². The third kappa shape index (κ3) is 5.25. The second-order valence-electron chi connectivity index (χ2n) is 7.58. The molecule has 2 aromatic heterocycles.